The summed E-state index contributed by atoms with van der Waals surface area (Å²) >= 11 is 5.76. The lowest BCUT2D eigenvalue weighted by Gasteiger charge is -2.34. The third-order valence-corrected chi connectivity index (χ3v) is 5.64. The highest BCUT2D eigenvalue weighted by Crippen LogP contribution is 2.44. The molecular weight excluding hydrogens is 318 g/mol. The van der Waals surface area contributed by atoms with E-state index >= 15 is 0 Å². The standard InChI is InChI=1S/C20H23NO2S/c1-2-3-12-4-6-14(19(24)8-12)20-15-10-18-17(22-11-23-18)9-13(15)5-7-16(20)21/h4,6,9-10,16,20H,2-3,5,7-8,11,21H2,1H3. The molecule has 3 nitrogen and oxygen atoms in total. The number of aryl methyl sites for hydroxylation is 1. The smallest absolute Gasteiger partial charge is 0.231 e. The molecule has 0 saturated heterocycles. The Bertz CT molecular complexity index is 750. The van der Waals surface area contributed by atoms with Crippen LogP contribution in [0.5, 0.6) is 11.5 Å². The summed E-state index contributed by atoms with van der Waals surface area (Å²) in [6.07, 6.45) is 9.61. The van der Waals surface area contributed by atoms with E-state index in [0.717, 1.165) is 48.5 Å². The normalized spacial score (nSPS) is 25.2. The lowest BCUT2D eigenvalue weighted by atomic mass is 9.73. The lowest BCUT2D eigenvalue weighted by molar-refractivity contribution is 0.174. The molecule has 1 aromatic carbocycles. The molecule has 0 saturated carbocycles. The molecule has 0 radical (unpaired) electrons. The van der Waals surface area contributed by atoms with Gasteiger partial charge < -0.3 is 15.2 Å². The van der Waals surface area contributed by atoms with E-state index < -0.39 is 0 Å². The Morgan fingerprint density at radius 1 is 1.21 bits per heavy atom. The summed E-state index contributed by atoms with van der Waals surface area (Å²) in [5.41, 5.74) is 11.8. The molecule has 2 N–H and O–H groups in total. The van der Waals surface area contributed by atoms with Crippen molar-refractivity contribution in [2.75, 3.05) is 6.79 Å². The molecule has 2 unspecified atom stereocenters. The van der Waals surface area contributed by atoms with Gasteiger partial charge in [0.1, 0.15) is 0 Å². The number of allylic oxidation sites excluding steroid dienone is 3. The molecule has 0 amide bonds. The Hall–Kier alpha value is -1.65. The van der Waals surface area contributed by atoms with Gasteiger partial charge in [0.15, 0.2) is 11.5 Å². The molecule has 1 aromatic rings. The number of hydrogen-bond acceptors (Lipinski definition) is 4. The zero-order chi connectivity index (χ0) is 16.7. The SMILES string of the molecule is CCCC1=CC=C(C2c3cc4c(cc3CCC2N)OCO4)C(=S)C1. The Labute approximate surface area is 148 Å². The van der Waals surface area contributed by atoms with Crippen molar-refractivity contribution in [2.45, 2.75) is 51.0 Å². The van der Waals surface area contributed by atoms with E-state index in [1.165, 1.54) is 22.3 Å². The Kier molecular flexibility index (Phi) is 4.19. The molecule has 4 heteroatoms. The molecule has 1 aliphatic heterocycles. The second-order valence-electron chi connectivity index (χ2n) is 6.88. The summed E-state index contributed by atoms with van der Waals surface area (Å²) in [7, 11) is 0. The number of fused-ring (bicyclic) bond motifs is 2. The summed E-state index contributed by atoms with van der Waals surface area (Å²) in [6, 6.07) is 4.35. The van der Waals surface area contributed by atoms with E-state index in [1.54, 1.807) is 0 Å². The number of thiocarbonyl (C=S) groups is 1. The number of benzene rings is 1. The summed E-state index contributed by atoms with van der Waals surface area (Å²) in [5.74, 6) is 1.85. The third kappa shape index (κ3) is 2.68. The maximum atomic E-state index is 6.53. The zero-order valence-corrected chi connectivity index (χ0v) is 14.8. The summed E-state index contributed by atoms with van der Waals surface area (Å²) in [6.45, 7) is 2.51. The topological polar surface area (TPSA) is 44.5 Å². The van der Waals surface area contributed by atoms with E-state index in [2.05, 4.69) is 31.2 Å². The molecular formula is C20H23NO2S. The molecule has 126 valence electrons. The predicted octanol–water partition coefficient (Wildman–Crippen LogP) is 4.20. The van der Waals surface area contributed by atoms with Crippen LogP contribution in [0.2, 0.25) is 0 Å². The molecule has 0 spiro atoms. The molecule has 3 aliphatic rings. The van der Waals surface area contributed by atoms with Crippen LogP contribution in [0.4, 0.5) is 0 Å². The van der Waals surface area contributed by atoms with Gasteiger partial charge in [-0.15, -0.1) is 0 Å². The minimum Gasteiger partial charge on any atom is -0.454 e. The molecule has 0 fully saturated rings. The van der Waals surface area contributed by atoms with E-state index in [0.29, 0.717) is 6.79 Å². The Balaban J connectivity index is 1.75. The highest BCUT2D eigenvalue weighted by molar-refractivity contribution is 7.80. The second-order valence-corrected chi connectivity index (χ2v) is 7.37. The number of ether oxygens (including phenoxy) is 2. The van der Waals surface area contributed by atoms with Crippen LogP contribution in [0.15, 0.2) is 35.4 Å². The van der Waals surface area contributed by atoms with Crippen molar-refractivity contribution in [1.29, 1.82) is 0 Å². The predicted molar refractivity (Wildman–Crippen MR) is 99.9 cm³/mol. The van der Waals surface area contributed by atoms with Crippen LogP contribution in [0, 0.1) is 0 Å². The van der Waals surface area contributed by atoms with E-state index in [9.17, 15) is 0 Å². The fourth-order valence-corrected chi connectivity index (χ4v) is 4.44. The summed E-state index contributed by atoms with van der Waals surface area (Å²) in [5, 5.41) is 0. The second kappa shape index (κ2) is 6.34. The van der Waals surface area contributed by atoms with Crippen molar-refractivity contribution >= 4 is 17.1 Å². The lowest BCUT2D eigenvalue weighted by Crippen LogP contribution is -2.36. The first-order chi connectivity index (χ1) is 11.7. The molecule has 4 rings (SSSR count). The van der Waals surface area contributed by atoms with Gasteiger partial charge in [-0.25, -0.2) is 0 Å². The Morgan fingerprint density at radius 2 is 2.00 bits per heavy atom. The van der Waals surface area contributed by atoms with Crippen molar-refractivity contribution < 1.29 is 9.47 Å². The highest BCUT2D eigenvalue weighted by Gasteiger charge is 2.34. The first kappa shape index (κ1) is 15.9. The van der Waals surface area contributed by atoms with Gasteiger partial charge in [0, 0.05) is 23.2 Å². The monoisotopic (exact) mass is 341 g/mol. The molecule has 0 bridgehead atoms. The van der Waals surface area contributed by atoms with Crippen molar-refractivity contribution in [3.63, 3.8) is 0 Å². The number of hydrogen-bond donors (Lipinski definition) is 1. The van der Waals surface area contributed by atoms with Gasteiger partial charge in [-0.05, 0) is 48.1 Å². The Morgan fingerprint density at radius 3 is 2.75 bits per heavy atom. The quantitative estimate of drug-likeness (QED) is 0.837. The van der Waals surface area contributed by atoms with Gasteiger partial charge in [-0.1, -0.05) is 43.3 Å². The van der Waals surface area contributed by atoms with Crippen LogP contribution in [0.3, 0.4) is 0 Å². The third-order valence-electron chi connectivity index (χ3n) is 5.26. The van der Waals surface area contributed by atoms with Gasteiger partial charge in [0.25, 0.3) is 0 Å². The van der Waals surface area contributed by atoms with Crippen LogP contribution in [-0.4, -0.2) is 17.7 Å². The average molecular weight is 341 g/mol. The van der Waals surface area contributed by atoms with Crippen LogP contribution in [0.1, 0.15) is 49.7 Å². The van der Waals surface area contributed by atoms with E-state index in [-0.39, 0.29) is 12.0 Å². The van der Waals surface area contributed by atoms with E-state index in [4.69, 9.17) is 27.4 Å². The van der Waals surface area contributed by atoms with Gasteiger partial charge in [-0.2, -0.15) is 0 Å². The molecule has 0 aromatic heterocycles. The first-order valence-corrected chi connectivity index (χ1v) is 9.19. The van der Waals surface area contributed by atoms with Gasteiger partial charge >= 0.3 is 0 Å². The van der Waals surface area contributed by atoms with Crippen molar-refractivity contribution in [3.05, 3.63) is 46.6 Å². The van der Waals surface area contributed by atoms with Crippen LogP contribution >= 0.6 is 12.2 Å². The van der Waals surface area contributed by atoms with Gasteiger partial charge in [0.05, 0.1) is 0 Å². The summed E-state index contributed by atoms with van der Waals surface area (Å²) < 4.78 is 11.1. The maximum absolute atomic E-state index is 6.53. The molecule has 1 heterocycles. The first-order valence-electron chi connectivity index (χ1n) is 8.78. The van der Waals surface area contributed by atoms with Crippen molar-refractivity contribution in [3.8, 4) is 11.5 Å². The summed E-state index contributed by atoms with van der Waals surface area (Å²) in [4.78, 5) is 1.05. The van der Waals surface area contributed by atoms with Crippen LogP contribution in [0.25, 0.3) is 0 Å². The largest absolute Gasteiger partial charge is 0.454 e. The number of nitrogens with two attached hydrogens (primary N) is 1. The number of rotatable bonds is 3. The van der Waals surface area contributed by atoms with E-state index in [1.807, 2.05) is 0 Å². The van der Waals surface area contributed by atoms with Gasteiger partial charge in [-0.3, -0.25) is 0 Å². The molecule has 2 atom stereocenters. The fourth-order valence-electron chi connectivity index (χ4n) is 4.06. The maximum Gasteiger partial charge on any atom is 0.231 e. The highest BCUT2D eigenvalue weighted by atomic mass is 32.1. The average Bonchev–Trinajstić information content (AvgIpc) is 3.02. The molecule has 24 heavy (non-hydrogen) atoms. The van der Waals surface area contributed by atoms with Crippen LogP contribution < -0.4 is 15.2 Å². The van der Waals surface area contributed by atoms with Crippen molar-refractivity contribution in [2.24, 2.45) is 5.73 Å². The van der Waals surface area contributed by atoms with Crippen molar-refractivity contribution in [1.82, 2.24) is 0 Å². The minimum absolute atomic E-state index is 0.100. The van der Waals surface area contributed by atoms with Gasteiger partial charge in [0.2, 0.25) is 6.79 Å². The minimum atomic E-state index is 0.100. The van der Waals surface area contributed by atoms with Crippen LogP contribution in [-0.2, 0) is 6.42 Å². The zero-order valence-electron chi connectivity index (χ0n) is 14.0. The molecule has 2 aliphatic carbocycles. The fraction of sp³-hybridized carbons (Fsp3) is 0.450.